The quantitative estimate of drug-likeness (QED) is 0.720. The lowest BCUT2D eigenvalue weighted by atomic mass is 9.99. The molecule has 0 unspecified atom stereocenters. The van der Waals surface area contributed by atoms with Gasteiger partial charge in [-0.1, -0.05) is 41.4 Å². The molecule has 2 aromatic carbocycles. The van der Waals surface area contributed by atoms with Crippen LogP contribution in [0.4, 0.5) is 0 Å². The summed E-state index contributed by atoms with van der Waals surface area (Å²) in [5.41, 5.74) is 3.72. The van der Waals surface area contributed by atoms with E-state index < -0.39 is 0 Å². The number of amides is 1. The minimum absolute atomic E-state index is 0.0180. The molecule has 0 fully saturated rings. The normalized spacial score (nSPS) is 10.5. The number of benzene rings is 2. The number of carbonyl (C=O) groups is 2. The number of hydrogen-bond acceptors (Lipinski definition) is 2. The van der Waals surface area contributed by atoms with Gasteiger partial charge in [0, 0.05) is 37.0 Å². The Morgan fingerprint density at radius 1 is 1.00 bits per heavy atom. The van der Waals surface area contributed by atoms with E-state index in [2.05, 4.69) is 0 Å². The number of Topliss-reactive ketones (excluding diaryl/α,β-unsaturated/α-hetero) is 1. The second-order valence-corrected chi connectivity index (χ2v) is 6.55. The van der Waals surface area contributed by atoms with Gasteiger partial charge in [-0.2, -0.15) is 0 Å². The van der Waals surface area contributed by atoms with E-state index in [-0.39, 0.29) is 24.5 Å². The molecule has 3 nitrogen and oxygen atoms in total. The van der Waals surface area contributed by atoms with Crippen LogP contribution in [0.5, 0.6) is 0 Å². The van der Waals surface area contributed by atoms with Crippen LogP contribution < -0.4 is 0 Å². The van der Waals surface area contributed by atoms with Crippen molar-refractivity contribution in [2.45, 2.75) is 33.2 Å². The first kappa shape index (κ1) is 18.2. The van der Waals surface area contributed by atoms with Crippen LogP contribution in [0.1, 0.15) is 39.9 Å². The first-order chi connectivity index (χ1) is 11.4. The molecule has 0 N–H and O–H groups in total. The Balaban J connectivity index is 1.91. The monoisotopic (exact) mass is 343 g/mol. The second kappa shape index (κ2) is 8.11. The summed E-state index contributed by atoms with van der Waals surface area (Å²) in [4.78, 5) is 26.2. The van der Waals surface area contributed by atoms with E-state index in [9.17, 15) is 9.59 Å². The maximum Gasteiger partial charge on any atom is 0.223 e. The zero-order valence-electron chi connectivity index (χ0n) is 14.3. The van der Waals surface area contributed by atoms with Crippen molar-refractivity contribution in [3.8, 4) is 0 Å². The first-order valence-electron chi connectivity index (χ1n) is 7.95. The van der Waals surface area contributed by atoms with Crippen molar-refractivity contribution < 1.29 is 9.59 Å². The highest BCUT2D eigenvalue weighted by Crippen LogP contribution is 2.15. The van der Waals surface area contributed by atoms with E-state index in [4.69, 9.17) is 11.6 Å². The molecule has 126 valence electrons. The van der Waals surface area contributed by atoms with Crippen molar-refractivity contribution in [1.82, 2.24) is 4.90 Å². The van der Waals surface area contributed by atoms with Crippen molar-refractivity contribution in [2.75, 3.05) is 7.05 Å². The van der Waals surface area contributed by atoms with Crippen molar-refractivity contribution in [2.24, 2.45) is 0 Å². The molecule has 0 bridgehead atoms. The van der Waals surface area contributed by atoms with E-state index in [1.165, 1.54) is 0 Å². The zero-order chi connectivity index (χ0) is 17.7. The molecule has 24 heavy (non-hydrogen) atoms. The minimum atomic E-state index is -0.0383. The fraction of sp³-hybridized carbons (Fsp3) is 0.300. The smallest absolute Gasteiger partial charge is 0.223 e. The van der Waals surface area contributed by atoms with Crippen LogP contribution in [-0.4, -0.2) is 23.6 Å². The Kier molecular flexibility index (Phi) is 6.16. The summed E-state index contributed by atoms with van der Waals surface area (Å²) >= 11 is 5.86. The van der Waals surface area contributed by atoms with Gasteiger partial charge in [0.2, 0.25) is 5.91 Å². The lowest BCUT2D eigenvalue weighted by molar-refractivity contribution is -0.130. The number of ketones is 1. The molecule has 2 rings (SSSR count). The molecule has 0 aliphatic rings. The van der Waals surface area contributed by atoms with E-state index in [1.54, 1.807) is 24.1 Å². The molecule has 0 radical (unpaired) electrons. The Morgan fingerprint density at radius 3 is 2.33 bits per heavy atom. The second-order valence-electron chi connectivity index (χ2n) is 6.12. The molecule has 0 aliphatic heterocycles. The molecule has 2 aromatic rings. The molecule has 4 heteroatoms. The zero-order valence-corrected chi connectivity index (χ0v) is 15.1. The predicted octanol–water partition coefficient (Wildman–Crippen LogP) is 4.58. The van der Waals surface area contributed by atoms with Crippen LogP contribution in [0, 0.1) is 13.8 Å². The fourth-order valence-electron chi connectivity index (χ4n) is 2.53. The number of halogens is 1. The largest absolute Gasteiger partial charge is 0.341 e. The lowest BCUT2D eigenvalue weighted by Gasteiger charge is -2.17. The van der Waals surface area contributed by atoms with Gasteiger partial charge in [-0.15, -0.1) is 0 Å². The summed E-state index contributed by atoms with van der Waals surface area (Å²) in [6.45, 7) is 4.39. The van der Waals surface area contributed by atoms with Gasteiger partial charge in [0.15, 0.2) is 5.78 Å². The fourth-order valence-corrected chi connectivity index (χ4v) is 2.66. The van der Waals surface area contributed by atoms with Crippen molar-refractivity contribution in [3.63, 3.8) is 0 Å². The Hall–Kier alpha value is -2.13. The van der Waals surface area contributed by atoms with Crippen LogP contribution >= 0.6 is 11.6 Å². The highest BCUT2D eigenvalue weighted by atomic mass is 35.5. The lowest BCUT2D eigenvalue weighted by Crippen LogP contribution is -2.26. The number of rotatable bonds is 6. The standard InChI is InChI=1S/C20H22ClNO2/c1-14-4-5-15(2)18(12-14)19(23)10-11-20(24)22(3)13-16-6-8-17(21)9-7-16/h4-9,12H,10-11,13H2,1-3H3. The van der Waals surface area contributed by atoms with E-state index in [1.807, 2.05) is 44.2 Å². The van der Waals surface area contributed by atoms with Crippen molar-refractivity contribution in [3.05, 3.63) is 69.7 Å². The summed E-state index contributed by atoms with van der Waals surface area (Å²) in [7, 11) is 1.75. The Labute approximate surface area is 148 Å². The molecule has 0 aromatic heterocycles. The molecule has 0 aliphatic carbocycles. The topological polar surface area (TPSA) is 37.4 Å². The van der Waals surface area contributed by atoms with E-state index in [0.29, 0.717) is 17.1 Å². The predicted molar refractivity (Wildman–Crippen MR) is 97.4 cm³/mol. The van der Waals surface area contributed by atoms with E-state index >= 15 is 0 Å². The van der Waals surface area contributed by atoms with Gasteiger partial charge < -0.3 is 4.90 Å². The van der Waals surface area contributed by atoms with Gasteiger partial charge >= 0.3 is 0 Å². The minimum Gasteiger partial charge on any atom is -0.341 e. The molecule has 0 heterocycles. The van der Waals surface area contributed by atoms with Gasteiger partial charge in [-0.05, 0) is 43.2 Å². The highest BCUT2D eigenvalue weighted by Gasteiger charge is 2.14. The molecule has 0 spiro atoms. The average Bonchev–Trinajstić information content (AvgIpc) is 2.56. The molecule has 0 saturated heterocycles. The van der Waals surface area contributed by atoms with Crippen LogP contribution in [0.25, 0.3) is 0 Å². The third-order valence-corrected chi connectivity index (χ3v) is 4.27. The van der Waals surface area contributed by atoms with Crippen LogP contribution in [0.2, 0.25) is 5.02 Å². The SMILES string of the molecule is Cc1ccc(C)c(C(=O)CCC(=O)N(C)Cc2ccc(Cl)cc2)c1. The number of carbonyl (C=O) groups excluding carboxylic acids is 2. The maximum atomic E-state index is 12.4. The third kappa shape index (κ3) is 4.93. The first-order valence-corrected chi connectivity index (χ1v) is 8.33. The third-order valence-electron chi connectivity index (χ3n) is 4.02. The molecule has 0 saturated carbocycles. The van der Waals surface area contributed by atoms with Gasteiger partial charge in [-0.3, -0.25) is 9.59 Å². The Bertz CT molecular complexity index is 738. The molecule has 0 atom stereocenters. The number of aryl methyl sites for hydroxylation is 2. The van der Waals surface area contributed by atoms with Gasteiger partial charge in [0.25, 0.3) is 0 Å². The summed E-state index contributed by atoms with van der Waals surface area (Å²) < 4.78 is 0. The van der Waals surface area contributed by atoms with Crippen molar-refractivity contribution in [1.29, 1.82) is 0 Å². The van der Waals surface area contributed by atoms with Gasteiger partial charge in [-0.25, -0.2) is 0 Å². The summed E-state index contributed by atoms with van der Waals surface area (Å²) in [6.07, 6.45) is 0.449. The van der Waals surface area contributed by atoms with Gasteiger partial charge in [0.1, 0.15) is 0 Å². The van der Waals surface area contributed by atoms with Crippen molar-refractivity contribution >= 4 is 23.3 Å². The molecule has 1 amide bonds. The Morgan fingerprint density at radius 2 is 1.67 bits per heavy atom. The summed E-state index contributed by atoms with van der Waals surface area (Å²) in [5, 5.41) is 0.673. The number of nitrogens with zero attached hydrogens (tertiary/aromatic N) is 1. The van der Waals surface area contributed by atoms with Crippen LogP contribution in [-0.2, 0) is 11.3 Å². The average molecular weight is 344 g/mol. The highest BCUT2D eigenvalue weighted by molar-refractivity contribution is 6.30. The van der Waals surface area contributed by atoms with E-state index in [0.717, 1.165) is 16.7 Å². The maximum absolute atomic E-state index is 12.4. The molecular weight excluding hydrogens is 322 g/mol. The van der Waals surface area contributed by atoms with Crippen LogP contribution in [0.3, 0.4) is 0 Å². The summed E-state index contributed by atoms with van der Waals surface area (Å²) in [6, 6.07) is 13.2. The van der Waals surface area contributed by atoms with Gasteiger partial charge in [0.05, 0.1) is 0 Å². The molecular formula is C20H22ClNO2. The summed E-state index contributed by atoms with van der Waals surface area (Å²) in [5.74, 6) is -0.0203. The number of hydrogen-bond donors (Lipinski definition) is 0. The van der Waals surface area contributed by atoms with Crippen LogP contribution in [0.15, 0.2) is 42.5 Å².